The minimum absolute atomic E-state index is 0.180. The van der Waals surface area contributed by atoms with Crippen LogP contribution in [0.5, 0.6) is 5.75 Å². The van der Waals surface area contributed by atoms with E-state index in [9.17, 15) is 5.11 Å². The summed E-state index contributed by atoms with van der Waals surface area (Å²) >= 11 is 0. The third-order valence-corrected chi connectivity index (χ3v) is 3.90. The summed E-state index contributed by atoms with van der Waals surface area (Å²) in [5.41, 5.74) is 1.43. The molecule has 3 rings (SSSR count). The molecule has 0 unspecified atom stereocenters. The van der Waals surface area contributed by atoms with E-state index in [0.29, 0.717) is 12.8 Å². The Bertz CT molecular complexity index is 421. The van der Waals surface area contributed by atoms with Crippen LogP contribution < -0.4 is 4.74 Å². The number of rotatable bonds is 2. The van der Waals surface area contributed by atoms with Crippen molar-refractivity contribution in [1.82, 2.24) is 0 Å². The van der Waals surface area contributed by atoms with Crippen molar-refractivity contribution in [3.05, 3.63) is 29.3 Å². The summed E-state index contributed by atoms with van der Waals surface area (Å²) in [6.07, 6.45) is 3.63. The molecular formula is C14H18O3. The number of fused-ring (bicyclic) bond motifs is 1. The molecule has 1 aromatic rings. The lowest BCUT2D eigenvalue weighted by atomic mass is 9.72. The number of methoxy groups -OCH3 is 1. The Morgan fingerprint density at radius 3 is 3.00 bits per heavy atom. The molecule has 1 aliphatic heterocycles. The first-order valence-corrected chi connectivity index (χ1v) is 6.23. The summed E-state index contributed by atoms with van der Waals surface area (Å²) in [5, 5.41) is 10.6. The summed E-state index contributed by atoms with van der Waals surface area (Å²) < 4.78 is 11.0. The number of hydrogen-bond acceptors (Lipinski definition) is 3. The molecule has 1 saturated carbocycles. The molecule has 3 heteroatoms. The van der Waals surface area contributed by atoms with E-state index >= 15 is 0 Å². The molecule has 0 bridgehead atoms. The van der Waals surface area contributed by atoms with Gasteiger partial charge in [0.05, 0.1) is 18.3 Å². The molecule has 0 atom stereocenters. The van der Waals surface area contributed by atoms with Gasteiger partial charge in [0.15, 0.2) is 0 Å². The van der Waals surface area contributed by atoms with E-state index in [2.05, 4.69) is 6.07 Å². The molecule has 1 fully saturated rings. The van der Waals surface area contributed by atoms with Crippen LogP contribution >= 0.6 is 0 Å². The smallest absolute Gasteiger partial charge is 0.128 e. The first kappa shape index (κ1) is 11.1. The number of benzene rings is 1. The SMILES string of the molecule is COC1CC(O)(c2cccc3c2OCCC3)C1. The third-order valence-electron chi connectivity index (χ3n) is 3.90. The fraction of sp³-hybridized carbons (Fsp3) is 0.571. The van der Waals surface area contributed by atoms with Crippen molar-refractivity contribution in [3.63, 3.8) is 0 Å². The fourth-order valence-corrected chi connectivity index (χ4v) is 2.84. The van der Waals surface area contributed by atoms with Gasteiger partial charge in [0.1, 0.15) is 5.75 Å². The zero-order valence-electron chi connectivity index (χ0n) is 10.1. The van der Waals surface area contributed by atoms with Crippen LogP contribution in [0.4, 0.5) is 0 Å². The minimum Gasteiger partial charge on any atom is -0.493 e. The van der Waals surface area contributed by atoms with Crippen molar-refractivity contribution in [3.8, 4) is 5.75 Å². The molecule has 1 aromatic carbocycles. The summed E-state index contributed by atoms with van der Waals surface area (Å²) in [7, 11) is 1.70. The number of hydrogen-bond donors (Lipinski definition) is 1. The van der Waals surface area contributed by atoms with E-state index in [-0.39, 0.29) is 6.10 Å². The highest BCUT2D eigenvalue weighted by Gasteiger charge is 2.46. The molecule has 3 nitrogen and oxygen atoms in total. The Balaban J connectivity index is 1.93. The van der Waals surface area contributed by atoms with Gasteiger partial charge in [-0.15, -0.1) is 0 Å². The van der Waals surface area contributed by atoms with Crippen LogP contribution in [-0.4, -0.2) is 24.9 Å². The zero-order chi connectivity index (χ0) is 11.9. The highest BCUT2D eigenvalue weighted by atomic mass is 16.5. The van der Waals surface area contributed by atoms with Gasteiger partial charge >= 0.3 is 0 Å². The zero-order valence-corrected chi connectivity index (χ0v) is 10.1. The molecule has 0 saturated heterocycles. The van der Waals surface area contributed by atoms with E-state index < -0.39 is 5.60 Å². The van der Waals surface area contributed by atoms with Crippen LogP contribution in [-0.2, 0) is 16.8 Å². The summed E-state index contributed by atoms with van der Waals surface area (Å²) in [6.45, 7) is 0.758. The van der Waals surface area contributed by atoms with E-state index in [1.54, 1.807) is 7.11 Å². The second-order valence-corrected chi connectivity index (χ2v) is 5.04. The lowest BCUT2D eigenvalue weighted by Gasteiger charge is -2.44. The molecule has 17 heavy (non-hydrogen) atoms. The molecule has 0 aromatic heterocycles. The minimum atomic E-state index is -0.747. The van der Waals surface area contributed by atoms with Gasteiger partial charge in [0.25, 0.3) is 0 Å². The maximum absolute atomic E-state index is 10.6. The Morgan fingerprint density at radius 1 is 1.41 bits per heavy atom. The summed E-state index contributed by atoms with van der Waals surface area (Å²) in [4.78, 5) is 0. The van der Waals surface area contributed by atoms with Gasteiger partial charge in [-0.3, -0.25) is 0 Å². The van der Waals surface area contributed by atoms with Gasteiger partial charge in [-0.1, -0.05) is 18.2 Å². The van der Waals surface area contributed by atoms with Crippen LogP contribution in [0.1, 0.15) is 30.4 Å². The quantitative estimate of drug-likeness (QED) is 0.850. The molecule has 0 amide bonds. The molecule has 0 radical (unpaired) electrons. The monoisotopic (exact) mass is 234 g/mol. The van der Waals surface area contributed by atoms with Crippen molar-refractivity contribution in [1.29, 1.82) is 0 Å². The van der Waals surface area contributed by atoms with Crippen LogP contribution in [0, 0.1) is 0 Å². The van der Waals surface area contributed by atoms with Crippen molar-refractivity contribution in [2.75, 3.05) is 13.7 Å². The third kappa shape index (κ3) is 1.74. The maximum atomic E-state index is 10.6. The largest absolute Gasteiger partial charge is 0.493 e. The lowest BCUT2D eigenvalue weighted by Crippen LogP contribution is -2.45. The molecule has 0 spiro atoms. The van der Waals surface area contributed by atoms with Gasteiger partial charge in [-0.2, -0.15) is 0 Å². The maximum Gasteiger partial charge on any atom is 0.128 e. The number of ether oxygens (including phenoxy) is 2. The second-order valence-electron chi connectivity index (χ2n) is 5.04. The summed E-state index contributed by atoms with van der Waals surface area (Å²) in [6, 6.07) is 6.09. The molecule has 1 aliphatic carbocycles. The molecule has 1 N–H and O–H groups in total. The highest BCUT2D eigenvalue weighted by Crippen LogP contribution is 2.47. The van der Waals surface area contributed by atoms with Crippen molar-refractivity contribution >= 4 is 0 Å². The average molecular weight is 234 g/mol. The predicted octanol–water partition coefficient (Wildman–Crippen LogP) is 2.01. The average Bonchev–Trinajstić information content (AvgIpc) is 2.34. The Labute approximate surface area is 101 Å². The van der Waals surface area contributed by atoms with Gasteiger partial charge in [0.2, 0.25) is 0 Å². The predicted molar refractivity (Wildman–Crippen MR) is 64.2 cm³/mol. The van der Waals surface area contributed by atoms with Crippen LogP contribution in [0.2, 0.25) is 0 Å². The van der Waals surface area contributed by atoms with Crippen molar-refractivity contribution in [2.45, 2.75) is 37.4 Å². The highest BCUT2D eigenvalue weighted by molar-refractivity contribution is 5.47. The van der Waals surface area contributed by atoms with Gasteiger partial charge in [0, 0.05) is 25.5 Å². The molecule has 2 aliphatic rings. The second kappa shape index (κ2) is 4.00. The van der Waals surface area contributed by atoms with Crippen LogP contribution in [0.15, 0.2) is 18.2 Å². The van der Waals surface area contributed by atoms with E-state index in [4.69, 9.17) is 9.47 Å². The fourth-order valence-electron chi connectivity index (χ4n) is 2.84. The lowest BCUT2D eigenvalue weighted by molar-refractivity contribution is -0.134. The van der Waals surface area contributed by atoms with Gasteiger partial charge in [-0.05, 0) is 18.4 Å². The van der Waals surface area contributed by atoms with Crippen molar-refractivity contribution in [2.24, 2.45) is 0 Å². The number of aryl methyl sites for hydroxylation is 1. The van der Waals surface area contributed by atoms with Crippen molar-refractivity contribution < 1.29 is 14.6 Å². The number of aliphatic hydroxyl groups is 1. The Hall–Kier alpha value is -1.06. The first-order valence-electron chi connectivity index (χ1n) is 6.23. The van der Waals surface area contributed by atoms with Gasteiger partial charge < -0.3 is 14.6 Å². The van der Waals surface area contributed by atoms with E-state index in [0.717, 1.165) is 30.8 Å². The number of para-hydroxylation sites is 1. The normalized spacial score (nSPS) is 31.3. The Kier molecular flexibility index (Phi) is 2.60. The molecular weight excluding hydrogens is 216 g/mol. The van der Waals surface area contributed by atoms with Crippen LogP contribution in [0.3, 0.4) is 0 Å². The first-order chi connectivity index (χ1) is 8.23. The van der Waals surface area contributed by atoms with Crippen LogP contribution in [0.25, 0.3) is 0 Å². The standard InChI is InChI=1S/C14H18O3/c1-16-11-8-14(15,9-11)12-6-2-4-10-5-3-7-17-13(10)12/h2,4,6,11,15H,3,5,7-9H2,1H3. The Morgan fingerprint density at radius 2 is 2.24 bits per heavy atom. The summed E-state index contributed by atoms with van der Waals surface area (Å²) in [5.74, 6) is 0.913. The molecule has 1 heterocycles. The van der Waals surface area contributed by atoms with E-state index in [1.807, 2.05) is 12.1 Å². The molecule has 92 valence electrons. The van der Waals surface area contributed by atoms with Gasteiger partial charge in [-0.25, -0.2) is 0 Å². The topological polar surface area (TPSA) is 38.7 Å². The van der Waals surface area contributed by atoms with E-state index in [1.165, 1.54) is 5.56 Å².